The lowest BCUT2D eigenvalue weighted by Crippen LogP contribution is -2.37. The number of hydrogen-bond donors (Lipinski definition) is 2. The largest absolute Gasteiger partial charge is 0.504 e. The van der Waals surface area contributed by atoms with E-state index in [1.54, 1.807) is 26.0 Å². The quantitative estimate of drug-likeness (QED) is 0.796. The summed E-state index contributed by atoms with van der Waals surface area (Å²) in [5.74, 6) is -0.0324. The fourth-order valence-corrected chi connectivity index (χ4v) is 1.69. The molecule has 3 N–H and O–H groups in total. The van der Waals surface area contributed by atoms with Crippen molar-refractivity contribution in [2.45, 2.75) is 19.9 Å². The first-order valence-corrected chi connectivity index (χ1v) is 5.55. The first-order chi connectivity index (χ1) is 8.34. The SMILES string of the molecule is COC(=O)C(C)(C)[C@H](N)c1ccc(O)c(OC)c1. The Balaban J connectivity index is 3.10. The third-order valence-electron chi connectivity index (χ3n) is 3.05. The van der Waals surface area contributed by atoms with E-state index in [1.165, 1.54) is 20.3 Å². The minimum atomic E-state index is -0.864. The second kappa shape index (κ2) is 5.27. The number of carbonyl (C=O) groups is 1. The highest BCUT2D eigenvalue weighted by molar-refractivity contribution is 5.77. The number of nitrogens with two attached hydrogens (primary N) is 1. The topological polar surface area (TPSA) is 81.8 Å². The molecule has 0 aliphatic heterocycles. The number of methoxy groups -OCH3 is 2. The van der Waals surface area contributed by atoms with Crippen molar-refractivity contribution in [3.05, 3.63) is 23.8 Å². The van der Waals surface area contributed by atoms with Gasteiger partial charge in [0.05, 0.1) is 19.6 Å². The van der Waals surface area contributed by atoms with Crippen LogP contribution in [0.3, 0.4) is 0 Å². The van der Waals surface area contributed by atoms with Crippen LogP contribution in [0.25, 0.3) is 0 Å². The number of rotatable bonds is 4. The Kier molecular flexibility index (Phi) is 4.19. The zero-order chi connectivity index (χ0) is 13.9. The van der Waals surface area contributed by atoms with Crippen molar-refractivity contribution in [3.8, 4) is 11.5 Å². The number of phenolic OH excluding ortho intramolecular Hbond substituents is 1. The highest BCUT2D eigenvalue weighted by atomic mass is 16.5. The molecule has 0 radical (unpaired) electrons. The van der Waals surface area contributed by atoms with Crippen molar-refractivity contribution in [3.63, 3.8) is 0 Å². The van der Waals surface area contributed by atoms with Crippen molar-refractivity contribution >= 4 is 5.97 Å². The third-order valence-corrected chi connectivity index (χ3v) is 3.05. The lowest BCUT2D eigenvalue weighted by molar-refractivity contribution is -0.152. The van der Waals surface area contributed by atoms with Crippen LogP contribution in [0, 0.1) is 5.41 Å². The second-order valence-electron chi connectivity index (χ2n) is 4.62. The molecule has 100 valence electrons. The van der Waals surface area contributed by atoms with E-state index >= 15 is 0 Å². The van der Waals surface area contributed by atoms with Gasteiger partial charge in [0.2, 0.25) is 0 Å². The number of phenols is 1. The predicted molar refractivity (Wildman–Crippen MR) is 67.4 cm³/mol. The summed E-state index contributed by atoms with van der Waals surface area (Å²) >= 11 is 0. The average Bonchev–Trinajstić information content (AvgIpc) is 2.37. The molecule has 0 fully saturated rings. The maximum absolute atomic E-state index is 11.7. The molecule has 0 unspecified atom stereocenters. The normalized spacial score (nSPS) is 12.9. The number of carbonyl (C=O) groups excluding carboxylic acids is 1. The van der Waals surface area contributed by atoms with Crippen molar-refractivity contribution in [1.82, 2.24) is 0 Å². The standard InChI is InChI=1S/C13H19NO4/c1-13(2,12(16)18-4)11(14)8-5-6-9(15)10(7-8)17-3/h5-7,11,15H,14H2,1-4H3/t11-/m1/s1. The van der Waals surface area contributed by atoms with Gasteiger partial charge in [-0.05, 0) is 31.5 Å². The van der Waals surface area contributed by atoms with Gasteiger partial charge in [-0.25, -0.2) is 0 Å². The minimum absolute atomic E-state index is 0.0318. The first kappa shape index (κ1) is 14.3. The number of benzene rings is 1. The van der Waals surface area contributed by atoms with E-state index in [0.717, 1.165) is 0 Å². The molecule has 5 nitrogen and oxygen atoms in total. The van der Waals surface area contributed by atoms with Crippen molar-refractivity contribution in [2.24, 2.45) is 11.1 Å². The fourth-order valence-electron chi connectivity index (χ4n) is 1.69. The number of esters is 1. The molecule has 0 aliphatic carbocycles. The van der Waals surface area contributed by atoms with E-state index < -0.39 is 11.5 Å². The van der Waals surface area contributed by atoms with Crippen LogP contribution in [0.1, 0.15) is 25.5 Å². The first-order valence-electron chi connectivity index (χ1n) is 5.55. The van der Waals surface area contributed by atoms with Gasteiger partial charge in [-0.1, -0.05) is 6.07 Å². The molecule has 1 rings (SSSR count). The summed E-state index contributed by atoms with van der Waals surface area (Å²) in [7, 11) is 2.78. The van der Waals surface area contributed by atoms with E-state index in [4.69, 9.17) is 15.2 Å². The summed E-state index contributed by atoms with van der Waals surface area (Å²) in [6.07, 6.45) is 0. The minimum Gasteiger partial charge on any atom is -0.504 e. The van der Waals surface area contributed by atoms with Crippen LogP contribution in [0.5, 0.6) is 11.5 Å². The van der Waals surface area contributed by atoms with Crippen molar-refractivity contribution in [1.29, 1.82) is 0 Å². The monoisotopic (exact) mass is 253 g/mol. The fraction of sp³-hybridized carbons (Fsp3) is 0.462. The molecule has 0 aromatic heterocycles. The van der Waals surface area contributed by atoms with Gasteiger partial charge in [0, 0.05) is 6.04 Å². The number of ether oxygens (including phenoxy) is 2. The Hall–Kier alpha value is -1.75. The van der Waals surface area contributed by atoms with Gasteiger partial charge in [0.1, 0.15) is 0 Å². The lowest BCUT2D eigenvalue weighted by Gasteiger charge is -2.29. The Labute approximate surface area is 107 Å². The molecule has 0 saturated carbocycles. The van der Waals surface area contributed by atoms with Crippen LogP contribution in [0.2, 0.25) is 0 Å². The van der Waals surface area contributed by atoms with Gasteiger partial charge >= 0.3 is 5.97 Å². The molecular weight excluding hydrogens is 234 g/mol. The molecule has 1 atom stereocenters. The van der Waals surface area contributed by atoms with Crippen molar-refractivity contribution in [2.75, 3.05) is 14.2 Å². The zero-order valence-corrected chi connectivity index (χ0v) is 11.1. The summed E-state index contributed by atoms with van der Waals surface area (Å²) in [5.41, 5.74) is 5.92. The summed E-state index contributed by atoms with van der Waals surface area (Å²) in [5, 5.41) is 9.52. The van der Waals surface area contributed by atoms with E-state index in [2.05, 4.69) is 0 Å². The van der Waals surface area contributed by atoms with Crippen LogP contribution in [-0.4, -0.2) is 25.3 Å². The summed E-state index contributed by atoms with van der Waals surface area (Å²) < 4.78 is 9.75. The Bertz CT molecular complexity index is 443. The summed E-state index contributed by atoms with van der Waals surface area (Å²) in [4.78, 5) is 11.7. The lowest BCUT2D eigenvalue weighted by atomic mass is 9.81. The van der Waals surface area contributed by atoms with Gasteiger partial charge in [-0.15, -0.1) is 0 Å². The second-order valence-corrected chi connectivity index (χ2v) is 4.62. The van der Waals surface area contributed by atoms with E-state index in [-0.39, 0.29) is 11.7 Å². The van der Waals surface area contributed by atoms with Gasteiger partial charge < -0.3 is 20.3 Å². The Morgan fingerprint density at radius 1 is 1.39 bits per heavy atom. The average molecular weight is 253 g/mol. The molecule has 0 spiro atoms. The maximum atomic E-state index is 11.7. The maximum Gasteiger partial charge on any atom is 0.313 e. The molecule has 0 bridgehead atoms. The van der Waals surface area contributed by atoms with Gasteiger partial charge in [0.25, 0.3) is 0 Å². The summed E-state index contributed by atoms with van der Waals surface area (Å²) in [6, 6.07) is 4.21. The van der Waals surface area contributed by atoms with Crippen LogP contribution in [0.4, 0.5) is 0 Å². The Morgan fingerprint density at radius 3 is 2.50 bits per heavy atom. The molecule has 0 aliphatic rings. The number of aromatic hydroxyl groups is 1. The molecule has 1 aromatic carbocycles. The third kappa shape index (κ3) is 2.56. The molecule has 5 heteroatoms. The molecule has 1 aromatic rings. The predicted octanol–water partition coefficient (Wildman–Crippen LogP) is 1.60. The molecule has 0 heterocycles. The van der Waals surface area contributed by atoms with Gasteiger partial charge in [-0.2, -0.15) is 0 Å². The zero-order valence-electron chi connectivity index (χ0n) is 11.1. The van der Waals surface area contributed by atoms with Crippen LogP contribution >= 0.6 is 0 Å². The van der Waals surface area contributed by atoms with Crippen LogP contribution in [-0.2, 0) is 9.53 Å². The van der Waals surface area contributed by atoms with Gasteiger partial charge in [-0.3, -0.25) is 4.79 Å². The number of hydrogen-bond acceptors (Lipinski definition) is 5. The Morgan fingerprint density at radius 2 is 2.00 bits per heavy atom. The van der Waals surface area contributed by atoms with Crippen LogP contribution < -0.4 is 10.5 Å². The van der Waals surface area contributed by atoms with Gasteiger partial charge in [0.15, 0.2) is 11.5 Å². The highest BCUT2D eigenvalue weighted by Gasteiger charge is 2.36. The summed E-state index contributed by atoms with van der Waals surface area (Å²) in [6.45, 7) is 3.42. The van der Waals surface area contributed by atoms with E-state index in [9.17, 15) is 9.90 Å². The van der Waals surface area contributed by atoms with Crippen LogP contribution in [0.15, 0.2) is 18.2 Å². The van der Waals surface area contributed by atoms with Crippen molar-refractivity contribution < 1.29 is 19.4 Å². The molecule has 0 saturated heterocycles. The molecular formula is C13H19NO4. The molecule has 18 heavy (non-hydrogen) atoms. The molecule has 0 amide bonds. The smallest absolute Gasteiger partial charge is 0.313 e. The van der Waals surface area contributed by atoms with E-state index in [1.807, 2.05) is 0 Å². The van der Waals surface area contributed by atoms with E-state index in [0.29, 0.717) is 11.3 Å². The highest BCUT2D eigenvalue weighted by Crippen LogP contribution is 2.36.